The molecular formula is C16H15ClF2N2O2. The summed E-state index contributed by atoms with van der Waals surface area (Å²) in [5.74, 6) is -1.23. The van der Waals surface area contributed by atoms with Gasteiger partial charge in [0.15, 0.2) is 0 Å². The molecule has 2 aromatic rings. The van der Waals surface area contributed by atoms with Gasteiger partial charge >= 0.3 is 6.03 Å². The zero-order chi connectivity index (χ0) is 17.0. The number of hydrogen-bond acceptors (Lipinski definition) is 2. The van der Waals surface area contributed by atoms with E-state index in [-0.39, 0.29) is 10.7 Å². The predicted octanol–water partition coefficient (Wildman–Crippen LogP) is 3.78. The largest absolute Gasteiger partial charge is 0.394 e. The van der Waals surface area contributed by atoms with Crippen LogP contribution in [-0.2, 0) is 0 Å². The number of urea groups is 1. The molecule has 1 atom stereocenters. The highest BCUT2D eigenvalue weighted by Crippen LogP contribution is 2.21. The average Bonchev–Trinajstić information content (AvgIpc) is 2.50. The number of halogens is 3. The molecule has 2 aromatic carbocycles. The number of amides is 2. The van der Waals surface area contributed by atoms with Crippen LogP contribution >= 0.6 is 11.6 Å². The Morgan fingerprint density at radius 2 is 1.96 bits per heavy atom. The van der Waals surface area contributed by atoms with Gasteiger partial charge in [-0.2, -0.15) is 0 Å². The topological polar surface area (TPSA) is 61.4 Å². The molecular weight excluding hydrogens is 326 g/mol. The number of carbonyl (C=O) groups excluding carboxylic acids is 1. The first-order valence-electron chi connectivity index (χ1n) is 6.80. The van der Waals surface area contributed by atoms with E-state index in [0.29, 0.717) is 5.56 Å². The summed E-state index contributed by atoms with van der Waals surface area (Å²) < 4.78 is 27.2. The van der Waals surface area contributed by atoms with Crippen molar-refractivity contribution in [2.24, 2.45) is 0 Å². The second-order valence-corrected chi connectivity index (χ2v) is 5.40. The zero-order valence-corrected chi connectivity index (χ0v) is 13.0. The van der Waals surface area contributed by atoms with Gasteiger partial charge in [-0.3, -0.25) is 0 Å². The first kappa shape index (κ1) is 17.2. The van der Waals surface area contributed by atoms with Crippen LogP contribution in [0.15, 0.2) is 36.4 Å². The van der Waals surface area contributed by atoms with Crippen molar-refractivity contribution in [1.82, 2.24) is 5.32 Å². The van der Waals surface area contributed by atoms with Crippen LogP contribution in [0, 0.1) is 18.6 Å². The number of aryl methyl sites for hydroxylation is 1. The van der Waals surface area contributed by atoms with E-state index in [2.05, 4.69) is 10.6 Å². The van der Waals surface area contributed by atoms with Crippen LogP contribution in [0.3, 0.4) is 0 Å². The van der Waals surface area contributed by atoms with Gasteiger partial charge in [0.2, 0.25) is 0 Å². The van der Waals surface area contributed by atoms with Crippen LogP contribution in [0.5, 0.6) is 0 Å². The van der Waals surface area contributed by atoms with Crippen LogP contribution in [0.25, 0.3) is 0 Å². The maximum atomic E-state index is 13.7. The number of carbonyl (C=O) groups is 1. The van der Waals surface area contributed by atoms with E-state index in [9.17, 15) is 18.7 Å². The Labute approximate surface area is 137 Å². The fourth-order valence-corrected chi connectivity index (χ4v) is 2.12. The summed E-state index contributed by atoms with van der Waals surface area (Å²) in [4.78, 5) is 11.9. The van der Waals surface area contributed by atoms with Crippen molar-refractivity contribution >= 4 is 23.3 Å². The van der Waals surface area contributed by atoms with Gasteiger partial charge in [0.1, 0.15) is 11.6 Å². The highest BCUT2D eigenvalue weighted by Gasteiger charge is 2.16. The van der Waals surface area contributed by atoms with Crippen LogP contribution in [0.1, 0.15) is 17.2 Å². The molecule has 1 unspecified atom stereocenters. The predicted molar refractivity (Wildman–Crippen MR) is 84.5 cm³/mol. The third-order valence-electron chi connectivity index (χ3n) is 3.21. The molecule has 0 aliphatic rings. The quantitative estimate of drug-likeness (QED) is 0.793. The molecule has 4 nitrogen and oxygen atoms in total. The molecule has 0 saturated heterocycles. The fraction of sp³-hybridized carbons (Fsp3) is 0.188. The highest BCUT2D eigenvalue weighted by atomic mass is 35.5. The lowest BCUT2D eigenvalue weighted by Crippen LogP contribution is -2.34. The van der Waals surface area contributed by atoms with E-state index in [1.54, 1.807) is 13.0 Å². The third kappa shape index (κ3) is 4.40. The number of hydrogen-bond donors (Lipinski definition) is 3. The lowest BCUT2D eigenvalue weighted by molar-refractivity contribution is 0.225. The van der Waals surface area contributed by atoms with Crippen LogP contribution in [0.2, 0.25) is 5.02 Å². The summed E-state index contributed by atoms with van der Waals surface area (Å²) in [6, 6.07) is 6.73. The Morgan fingerprint density at radius 3 is 2.57 bits per heavy atom. The number of aliphatic hydroxyl groups is 1. The molecule has 0 fully saturated rings. The summed E-state index contributed by atoms with van der Waals surface area (Å²) in [5, 5.41) is 14.1. The number of nitrogens with one attached hydrogen (secondary N) is 2. The number of benzene rings is 2. The van der Waals surface area contributed by atoms with E-state index in [1.165, 1.54) is 24.3 Å². The Kier molecular flexibility index (Phi) is 5.52. The van der Waals surface area contributed by atoms with Gasteiger partial charge in [-0.05, 0) is 42.3 Å². The Balaban J connectivity index is 2.08. The summed E-state index contributed by atoms with van der Waals surface area (Å²) in [6.45, 7) is 1.27. The Bertz CT molecular complexity index is 725. The molecule has 0 aromatic heterocycles. The number of aliphatic hydroxyl groups excluding tert-OH is 1. The summed E-state index contributed by atoms with van der Waals surface area (Å²) >= 11 is 5.59. The van der Waals surface area contributed by atoms with Crippen molar-refractivity contribution in [2.45, 2.75) is 13.0 Å². The first-order chi connectivity index (χ1) is 10.9. The van der Waals surface area contributed by atoms with E-state index < -0.39 is 30.3 Å². The molecule has 0 bridgehead atoms. The van der Waals surface area contributed by atoms with Crippen LogP contribution < -0.4 is 10.6 Å². The molecule has 0 saturated carbocycles. The maximum absolute atomic E-state index is 13.7. The molecule has 122 valence electrons. The lowest BCUT2D eigenvalue weighted by Gasteiger charge is -2.18. The SMILES string of the molecule is Cc1ccc(NC(=O)NC(CO)c2ccc(Cl)c(F)c2)c(F)c1. The van der Waals surface area contributed by atoms with Crippen molar-refractivity contribution in [3.05, 3.63) is 64.2 Å². The minimum atomic E-state index is -0.852. The first-order valence-corrected chi connectivity index (χ1v) is 7.18. The van der Waals surface area contributed by atoms with Crippen LogP contribution in [0.4, 0.5) is 19.3 Å². The second kappa shape index (κ2) is 7.39. The van der Waals surface area contributed by atoms with E-state index in [0.717, 1.165) is 11.6 Å². The van der Waals surface area contributed by atoms with Crippen molar-refractivity contribution < 1.29 is 18.7 Å². The number of anilines is 1. The van der Waals surface area contributed by atoms with Gasteiger partial charge in [-0.25, -0.2) is 13.6 Å². The van der Waals surface area contributed by atoms with E-state index in [1.807, 2.05) is 0 Å². The smallest absolute Gasteiger partial charge is 0.319 e. The van der Waals surface area contributed by atoms with Gasteiger partial charge in [0, 0.05) is 0 Å². The van der Waals surface area contributed by atoms with E-state index in [4.69, 9.17) is 11.6 Å². The molecule has 2 rings (SSSR count). The molecule has 0 aliphatic carbocycles. The van der Waals surface area contributed by atoms with Gasteiger partial charge in [0.05, 0.1) is 23.4 Å². The minimum absolute atomic E-state index is 0.00655. The summed E-state index contributed by atoms with van der Waals surface area (Å²) in [6.07, 6.45) is 0. The molecule has 3 N–H and O–H groups in total. The Morgan fingerprint density at radius 1 is 1.22 bits per heavy atom. The molecule has 0 spiro atoms. The van der Waals surface area contributed by atoms with Gasteiger partial charge < -0.3 is 15.7 Å². The molecule has 23 heavy (non-hydrogen) atoms. The van der Waals surface area contributed by atoms with Crippen molar-refractivity contribution in [3.8, 4) is 0 Å². The molecule has 7 heteroatoms. The second-order valence-electron chi connectivity index (χ2n) is 4.99. The maximum Gasteiger partial charge on any atom is 0.319 e. The van der Waals surface area contributed by atoms with Gasteiger partial charge in [0.25, 0.3) is 0 Å². The van der Waals surface area contributed by atoms with Crippen molar-refractivity contribution in [1.29, 1.82) is 0 Å². The average molecular weight is 341 g/mol. The highest BCUT2D eigenvalue weighted by molar-refractivity contribution is 6.30. The normalized spacial score (nSPS) is 11.9. The van der Waals surface area contributed by atoms with Crippen LogP contribution in [-0.4, -0.2) is 17.7 Å². The van der Waals surface area contributed by atoms with Crippen molar-refractivity contribution in [2.75, 3.05) is 11.9 Å². The molecule has 0 radical (unpaired) electrons. The molecule has 0 aliphatic heterocycles. The third-order valence-corrected chi connectivity index (χ3v) is 3.51. The minimum Gasteiger partial charge on any atom is -0.394 e. The number of rotatable bonds is 4. The molecule has 0 heterocycles. The zero-order valence-electron chi connectivity index (χ0n) is 12.2. The molecule has 2 amide bonds. The summed E-state index contributed by atoms with van der Waals surface area (Å²) in [5.41, 5.74) is 1.07. The van der Waals surface area contributed by atoms with Crippen molar-refractivity contribution in [3.63, 3.8) is 0 Å². The fourth-order valence-electron chi connectivity index (χ4n) is 2.00. The Hall–Kier alpha value is -2.18. The van der Waals surface area contributed by atoms with Gasteiger partial charge in [-0.1, -0.05) is 23.7 Å². The van der Waals surface area contributed by atoms with Gasteiger partial charge in [-0.15, -0.1) is 0 Å². The van der Waals surface area contributed by atoms with E-state index >= 15 is 0 Å². The standard InChI is InChI=1S/C16H15ClF2N2O2/c1-9-2-5-14(13(19)6-9)20-16(23)21-15(8-22)10-3-4-11(17)12(18)7-10/h2-7,15,22H,8H2,1H3,(H2,20,21,23). The monoisotopic (exact) mass is 340 g/mol. The lowest BCUT2D eigenvalue weighted by atomic mass is 10.1. The summed E-state index contributed by atoms with van der Waals surface area (Å²) in [7, 11) is 0.